The van der Waals surface area contributed by atoms with E-state index in [1.54, 1.807) is 18.5 Å². The third-order valence-corrected chi connectivity index (χ3v) is 1.36. The molecule has 0 radical (unpaired) electrons. The average molecular weight is 137 g/mol. The Hall–Kier alpha value is -0.960. The molecule has 3 heteroatoms. The van der Waals surface area contributed by atoms with E-state index in [1.165, 1.54) is 0 Å². The maximum Gasteiger partial charge on any atom is 0.144 e. The van der Waals surface area contributed by atoms with E-state index in [4.69, 9.17) is 5.73 Å². The van der Waals surface area contributed by atoms with Crippen molar-refractivity contribution in [3.8, 4) is 0 Å². The molecule has 0 spiro atoms. The summed E-state index contributed by atoms with van der Waals surface area (Å²) in [6, 6.07) is 1.77. The molecule has 1 aromatic heterocycles. The third kappa shape index (κ3) is 1.51. The molecule has 1 heterocycles. The molecule has 1 rings (SSSR count). The van der Waals surface area contributed by atoms with Gasteiger partial charge in [0.15, 0.2) is 0 Å². The predicted molar refractivity (Wildman–Crippen MR) is 39.3 cm³/mol. The van der Waals surface area contributed by atoms with Crippen molar-refractivity contribution in [2.75, 3.05) is 0 Å². The molecule has 0 aliphatic heterocycles. The van der Waals surface area contributed by atoms with Crippen LogP contribution >= 0.6 is 0 Å². The minimum absolute atomic E-state index is 0.0128. The van der Waals surface area contributed by atoms with E-state index in [0.717, 1.165) is 12.2 Å². The SMILES string of the molecule is CC[C@@H](N)c1ncccn1. The van der Waals surface area contributed by atoms with E-state index in [-0.39, 0.29) is 6.04 Å². The smallest absolute Gasteiger partial charge is 0.144 e. The second kappa shape index (κ2) is 3.27. The summed E-state index contributed by atoms with van der Waals surface area (Å²) in [7, 11) is 0. The standard InChI is InChI=1S/C7H11N3/c1-2-6(8)7-9-4-3-5-10-7/h3-6H,2,8H2,1H3/t6-/m1/s1. The highest BCUT2D eigenvalue weighted by molar-refractivity contribution is 4.93. The van der Waals surface area contributed by atoms with Crippen LogP contribution in [0.4, 0.5) is 0 Å². The summed E-state index contributed by atoms with van der Waals surface area (Å²) in [5, 5.41) is 0. The Morgan fingerprint density at radius 1 is 1.50 bits per heavy atom. The largest absolute Gasteiger partial charge is 0.321 e. The molecule has 0 saturated carbocycles. The van der Waals surface area contributed by atoms with Gasteiger partial charge in [-0.2, -0.15) is 0 Å². The number of nitrogens with two attached hydrogens (primary N) is 1. The molecule has 0 amide bonds. The molecular formula is C7H11N3. The van der Waals surface area contributed by atoms with Crippen molar-refractivity contribution in [1.82, 2.24) is 9.97 Å². The second-order valence-electron chi connectivity index (χ2n) is 2.12. The van der Waals surface area contributed by atoms with Crippen LogP contribution in [0, 0.1) is 0 Å². The molecular weight excluding hydrogens is 126 g/mol. The van der Waals surface area contributed by atoms with Crippen LogP contribution in [0.1, 0.15) is 25.2 Å². The van der Waals surface area contributed by atoms with Gasteiger partial charge in [0.05, 0.1) is 6.04 Å². The molecule has 0 unspecified atom stereocenters. The van der Waals surface area contributed by atoms with Crippen molar-refractivity contribution in [3.63, 3.8) is 0 Å². The number of aromatic nitrogens is 2. The minimum atomic E-state index is -0.0128. The van der Waals surface area contributed by atoms with Gasteiger partial charge >= 0.3 is 0 Å². The van der Waals surface area contributed by atoms with Crippen molar-refractivity contribution in [1.29, 1.82) is 0 Å². The highest BCUT2D eigenvalue weighted by Crippen LogP contribution is 2.04. The zero-order valence-electron chi connectivity index (χ0n) is 5.99. The van der Waals surface area contributed by atoms with Crippen molar-refractivity contribution in [2.45, 2.75) is 19.4 Å². The maximum atomic E-state index is 5.67. The van der Waals surface area contributed by atoms with Crippen LogP contribution in [0.3, 0.4) is 0 Å². The molecule has 0 aromatic carbocycles. The van der Waals surface area contributed by atoms with E-state index < -0.39 is 0 Å². The summed E-state index contributed by atoms with van der Waals surface area (Å²) in [5.74, 6) is 0.727. The Morgan fingerprint density at radius 2 is 2.10 bits per heavy atom. The highest BCUT2D eigenvalue weighted by Gasteiger charge is 2.02. The zero-order chi connectivity index (χ0) is 7.40. The van der Waals surface area contributed by atoms with Gasteiger partial charge in [-0.3, -0.25) is 0 Å². The molecule has 2 N–H and O–H groups in total. The van der Waals surface area contributed by atoms with Gasteiger partial charge in [0, 0.05) is 12.4 Å². The fourth-order valence-electron chi connectivity index (χ4n) is 0.685. The first-order valence-electron chi connectivity index (χ1n) is 3.37. The van der Waals surface area contributed by atoms with Crippen LogP contribution in [-0.2, 0) is 0 Å². The zero-order valence-corrected chi connectivity index (χ0v) is 5.99. The molecule has 1 atom stereocenters. The van der Waals surface area contributed by atoms with E-state index in [2.05, 4.69) is 9.97 Å². The highest BCUT2D eigenvalue weighted by atomic mass is 14.9. The Labute approximate surface area is 60.3 Å². The summed E-state index contributed by atoms with van der Waals surface area (Å²) < 4.78 is 0. The van der Waals surface area contributed by atoms with E-state index >= 15 is 0 Å². The molecule has 0 saturated heterocycles. The summed E-state index contributed by atoms with van der Waals surface area (Å²) in [5.41, 5.74) is 5.67. The van der Waals surface area contributed by atoms with Gasteiger partial charge < -0.3 is 5.73 Å². The second-order valence-corrected chi connectivity index (χ2v) is 2.12. The maximum absolute atomic E-state index is 5.67. The van der Waals surface area contributed by atoms with Crippen LogP contribution in [0.25, 0.3) is 0 Å². The number of hydrogen-bond acceptors (Lipinski definition) is 3. The van der Waals surface area contributed by atoms with Gasteiger partial charge in [-0.25, -0.2) is 9.97 Å². The summed E-state index contributed by atoms with van der Waals surface area (Å²) in [4.78, 5) is 8.03. The van der Waals surface area contributed by atoms with E-state index in [1.807, 2.05) is 6.92 Å². The van der Waals surface area contributed by atoms with Crippen molar-refractivity contribution >= 4 is 0 Å². The normalized spacial score (nSPS) is 13.0. The van der Waals surface area contributed by atoms with Crippen LogP contribution in [-0.4, -0.2) is 9.97 Å². The third-order valence-electron chi connectivity index (χ3n) is 1.36. The van der Waals surface area contributed by atoms with Gasteiger partial charge in [-0.15, -0.1) is 0 Å². The quantitative estimate of drug-likeness (QED) is 0.658. The molecule has 0 fully saturated rings. The summed E-state index contributed by atoms with van der Waals surface area (Å²) in [6.07, 6.45) is 4.29. The number of rotatable bonds is 2. The molecule has 1 aromatic rings. The van der Waals surface area contributed by atoms with Gasteiger partial charge in [-0.1, -0.05) is 6.92 Å². The lowest BCUT2D eigenvalue weighted by Gasteiger charge is -2.04. The lowest BCUT2D eigenvalue weighted by molar-refractivity contribution is 0.648. The Morgan fingerprint density at radius 3 is 2.60 bits per heavy atom. The first kappa shape index (κ1) is 7.15. The minimum Gasteiger partial charge on any atom is -0.321 e. The monoisotopic (exact) mass is 137 g/mol. The summed E-state index contributed by atoms with van der Waals surface area (Å²) in [6.45, 7) is 2.01. The van der Waals surface area contributed by atoms with Crippen LogP contribution in [0.15, 0.2) is 18.5 Å². The van der Waals surface area contributed by atoms with Gasteiger partial charge in [0.2, 0.25) is 0 Å². The molecule has 0 aliphatic carbocycles. The molecule has 0 bridgehead atoms. The predicted octanol–water partition coefficient (Wildman–Crippen LogP) is 0.886. The van der Waals surface area contributed by atoms with Crippen molar-refractivity contribution < 1.29 is 0 Å². The Kier molecular flexibility index (Phi) is 2.34. The topological polar surface area (TPSA) is 51.8 Å². The number of hydrogen-bond donors (Lipinski definition) is 1. The number of nitrogens with zero attached hydrogens (tertiary/aromatic N) is 2. The lowest BCUT2D eigenvalue weighted by Crippen LogP contribution is -2.11. The first-order valence-corrected chi connectivity index (χ1v) is 3.37. The molecule has 54 valence electrons. The van der Waals surface area contributed by atoms with Gasteiger partial charge in [0.1, 0.15) is 5.82 Å². The van der Waals surface area contributed by atoms with E-state index in [0.29, 0.717) is 0 Å². The van der Waals surface area contributed by atoms with Gasteiger partial charge in [0.25, 0.3) is 0 Å². The van der Waals surface area contributed by atoms with Crippen molar-refractivity contribution in [2.24, 2.45) is 5.73 Å². The Bertz CT molecular complexity index is 185. The van der Waals surface area contributed by atoms with E-state index in [9.17, 15) is 0 Å². The average Bonchev–Trinajstić information content (AvgIpc) is 2.05. The van der Waals surface area contributed by atoms with Crippen LogP contribution in [0.2, 0.25) is 0 Å². The molecule has 10 heavy (non-hydrogen) atoms. The van der Waals surface area contributed by atoms with Gasteiger partial charge in [-0.05, 0) is 12.5 Å². The van der Waals surface area contributed by atoms with Crippen molar-refractivity contribution in [3.05, 3.63) is 24.3 Å². The fraction of sp³-hybridized carbons (Fsp3) is 0.429. The first-order chi connectivity index (χ1) is 4.84. The molecule has 3 nitrogen and oxygen atoms in total. The van der Waals surface area contributed by atoms with Crippen LogP contribution in [0.5, 0.6) is 0 Å². The molecule has 0 aliphatic rings. The van der Waals surface area contributed by atoms with Crippen LogP contribution < -0.4 is 5.73 Å². The Balaban J connectivity index is 2.75. The fourth-order valence-corrected chi connectivity index (χ4v) is 0.685. The lowest BCUT2D eigenvalue weighted by atomic mass is 10.2. The summed E-state index contributed by atoms with van der Waals surface area (Å²) >= 11 is 0.